The summed E-state index contributed by atoms with van der Waals surface area (Å²) in [6.45, 7) is 1.71. The molecular weight excluding hydrogens is 368 g/mol. The Morgan fingerprint density at radius 2 is 2.22 bits per heavy atom. The molecule has 122 valence electrons. The molecule has 23 heavy (non-hydrogen) atoms. The molecule has 0 aliphatic rings. The highest BCUT2D eigenvalue weighted by atomic mass is 79.9. The number of benzene rings is 1. The van der Waals surface area contributed by atoms with Gasteiger partial charge in [0.05, 0.1) is 19.3 Å². The van der Waals surface area contributed by atoms with Crippen LogP contribution in [0, 0.1) is 0 Å². The first kappa shape index (κ1) is 16.9. The van der Waals surface area contributed by atoms with Gasteiger partial charge in [-0.2, -0.15) is 0 Å². The van der Waals surface area contributed by atoms with E-state index in [1.165, 1.54) is 10.9 Å². The lowest BCUT2D eigenvalue weighted by atomic mass is 10.1. The van der Waals surface area contributed by atoms with Crippen LogP contribution in [0.5, 0.6) is 5.75 Å². The van der Waals surface area contributed by atoms with Crippen molar-refractivity contribution in [2.75, 3.05) is 7.11 Å². The van der Waals surface area contributed by atoms with Crippen molar-refractivity contribution < 1.29 is 19.4 Å². The van der Waals surface area contributed by atoms with E-state index in [4.69, 9.17) is 9.84 Å². The van der Waals surface area contributed by atoms with Crippen LogP contribution in [0.2, 0.25) is 0 Å². The first-order valence-electron chi connectivity index (χ1n) is 6.67. The first-order chi connectivity index (χ1) is 10.9. The van der Waals surface area contributed by atoms with Crippen LogP contribution in [-0.2, 0) is 11.3 Å². The highest BCUT2D eigenvalue weighted by molar-refractivity contribution is 9.10. The normalized spacial score (nSPS) is 11.8. The van der Waals surface area contributed by atoms with E-state index in [2.05, 4.69) is 31.6 Å². The Balaban J connectivity index is 2.03. The first-order valence-corrected chi connectivity index (χ1v) is 7.46. The highest BCUT2D eigenvalue weighted by Gasteiger charge is 2.16. The summed E-state index contributed by atoms with van der Waals surface area (Å²) in [6, 6.07) is 5.24. The second-order valence-electron chi connectivity index (χ2n) is 4.78. The van der Waals surface area contributed by atoms with E-state index in [0.717, 1.165) is 10.0 Å². The van der Waals surface area contributed by atoms with Crippen LogP contribution in [0.3, 0.4) is 0 Å². The second-order valence-corrected chi connectivity index (χ2v) is 5.70. The zero-order chi connectivity index (χ0) is 17.0. The van der Waals surface area contributed by atoms with Crippen molar-refractivity contribution in [3.63, 3.8) is 0 Å². The van der Waals surface area contributed by atoms with Crippen LogP contribution in [0.4, 0.5) is 0 Å². The topological polar surface area (TPSA) is 106 Å². The Morgan fingerprint density at radius 1 is 1.48 bits per heavy atom. The van der Waals surface area contributed by atoms with Gasteiger partial charge in [-0.1, -0.05) is 27.2 Å². The Bertz CT molecular complexity index is 731. The molecule has 1 amide bonds. The summed E-state index contributed by atoms with van der Waals surface area (Å²) >= 11 is 3.36. The van der Waals surface area contributed by atoms with Crippen LogP contribution in [0.15, 0.2) is 28.9 Å². The number of aromatic nitrogens is 3. The van der Waals surface area contributed by atoms with Gasteiger partial charge in [-0.15, -0.1) is 5.10 Å². The van der Waals surface area contributed by atoms with Crippen molar-refractivity contribution in [3.8, 4) is 5.75 Å². The number of hydrogen-bond donors (Lipinski definition) is 2. The third-order valence-electron chi connectivity index (χ3n) is 3.10. The number of nitrogens with zero attached hydrogens (tertiary/aromatic N) is 3. The predicted molar refractivity (Wildman–Crippen MR) is 84.2 cm³/mol. The van der Waals surface area contributed by atoms with Crippen molar-refractivity contribution in [3.05, 3.63) is 40.1 Å². The number of aromatic carboxylic acids is 1. The fourth-order valence-electron chi connectivity index (χ4n) is 2.03. The Kier molecular flexibility index (Phi) is 5.32. The SMILES string of the molecule is COc1cc(Br)ccc1C(C)NC(=O)Cn1cc(C(=O)O)nn1. The molecule has 0 fully saturated rings. The molecule has 1 aromatic carbocycles. The van der Waals surface area contributed by atoms with E-state index in [1.807, 2.05) is 25.1 Å². The standard InChI is InChI=1S/C14H15BrN4O4/c1-8(10-4-3-9(15)5-12(10)23-2)16-13(20)7-19-6-11(14(21)22)17-18-19/h3-6,8H,7H2,1-2H3,(H,16,20)(H,21,22). The molecule has 0 spiro atoms. The van der Waals surface area contributed by atoms with Gasteiger partial charge in [0.25, 0.3) is 0 Å². The summed E-state index contributed by atoms with van der Waals surface area (Å²) in [5.41, 5.74) is 0.620. The van der Waals surface area contributed by atoms with E-state index >= 15 is 0 Å². The Hall–Kier alpha value is -2.42. The second kappa shape index (κ2) is 7.23. The van der Waals surface area contributed by atoms with Crippen LogP contribution in [0.25, 0.3) is 0 Å². The van der Waals surface area contributed by atoms with Gasteiger partial charge < -0.3 is 15.2 Å². The Labute approximate surface area is 140 Å². The molecule has 0 saturated heterocycles. The van der Waals surface area contributed by atoms with Crippen molar-refractivity contribution in [1.82, 2.24) is 20.3 Å². The van der Waals surface area contributed by atoms with Crippen LogP contribution in [-0.4, -0.2) is 39.1 Å². The number of hydrogen-bond acceptors (Lipinski definition) is 5. The molecule has 0 bridgehead atoms. The van der Waals surface area contributed by atoms with E-state index in [0.29, 0.717) is 5.75 Å². The number of ether oxygens (including phenoxy) is 1. The number of carbonyl (C=O) groups is 2. The smallest absolute Gasteiger partial charge is 0.358 e. The average molecular weight is 383 g/mol. The summed E-state index contributed by atoms with van der Waals surface area (Å²) in [4.78, 5) is 22.8. The van der Waals surface area contributed by atoms with Gasteiger partial charge in [-0.05, 0) is 19.1 Å². The number of carboxylic acid groups (broad SMARTS) is 1. The molecule has 1 heterocycles. The molecule has 0 aliphatic carbocycles. The largest absolute Gasteiger partial charge is 0.496 e. The lowest BCUT2D eigenvalue weighted by molar-refractivity contribution is -0.122. The molecule has 1 atom stereocenters. The van der Waals surface area contributed by atoms with Gasteiger partial charge in [-0.3, -0.25) is 4.79 Å². The molecule has 1 unspecified atom stereocenters. The molecular formula is C14H15BrN4O4. The lowest BCUT2D eigenvalue weighted by Gasteiger charge is -2.17. The van der Waals surface area contributed by atoms with Gasteiger partial charge in [0.1, 0.15) is 12.3 Å². The maximum absolute atomic E-state index is 12.0. The zero-order valence-corrected chi connectivity index (χ0v) is 14.1. The minimum absolute atomic E-state index is 0.122. The number of methoxy groups -OCH3 is 1. The van der Waals surface area contributed by atoms with Gasteiger partial charge in [-0.25, -0.2) is 9.48 Å². The summed E-state index contributed by atoms with van der Waals surface area (Å²) in [7, 11) is 1.56. The van der Waals surface area contributed by atoms with Gasteiger partial charge in [0.15, 0.2) is 5.69 Å². The number of amides is 1. The van der Waals surface area contributed by atoms with E-state index in [-0.39, 0.29) is 24.2 Å². The molecule has 2 aromatic rings. The van der Waals surface area contributed by atoms with E-state index in [9.17, 15) is 9.59 Å². The van der Waals surface area contributed by atoms with Gasteiger partial charge in [0.2, 0.25) is 5.91 Å². The number of nitrogens with one attached hydrogen (secondary N) is 1. The quantitative estimate of drug-likeness (QED) is 0.785. The van der Waals surface area contributed by atoms with Gasteiger partial charge >= 0.3 is 5.97 Å². The number of carboxylic acids is 1. The molecule has 9 heteroatoms. The highest BCUT2D eigenvalue weighted by Crippen LogP contribution is 2.28. The predicted octanol–water partition coefficient (Wildman–Crippen LogP) is 1.62. The third kappa shape index (κ3) is 4.28. The van der Waals surface area contributed by atoms with Gasteiger partial charge in [0, 0.05) is 10.0 Å². The van der Waals surface area contributed by atoms with Crippen molar-refractivity contribution in [1.29, 1.82) is 0 Å². The minimum Gasteiger partial charge on any atom is -0.496 e. The van der Waals surface area contributed by atoms with E-state index in [1.54, 1.807) is 7.11 Å². The lowest BCUT2D eigenvalue weighted by Crippen LogP contribution is -2.30. The summed E-state index contributed by atoms with van der Waals surface area (Å²) < 4.78 is 7.35. The summed E-state index contributed by atoms with van der Waals surface area (Å²) in [6.07, 6.45) is 1.20. The molecule has 2 N–H and O–H groups in total. The molecule has 8 nitrogen and oxygen atoms in total. The van der Waals surface area contributed by atoms with Crippen LogP contribution in [0.1, 0.15) is 29.0 Å². The average Bonchev–Trinajstić information content (AvgIpc) is 2.95. The maximum atomic E-state index is 12.0. The molecule has 0 saturated carbocycles. The minimum atomic E-state index is -1.19. The summed E-state index contributed by atoms with van der Waals surface area (Å²) in [5.74, 6) is -0.852. The van der Waals surface area contributed by atoms with Crippen molar-refractivity contribution >= 4 is 27.8 Å². The maximum Gasteiger partial charge on any atom is 0.358 e. The summed E-state index contributed by atoms with van der Waals surface area (Å²) in [5, 5.41) is 18.6. The van der Waals surface area contributed by atoms with Crippen LogP contribution < -0.4 is 10.1 Å². The fourth-order valence-corrected chi connectivity index (χ4v) is 2.37. The van der Waals surface area contributed by atoms with Crippen LogP contribution >= 0.6 is 15.9 Å². The van der Waals surface area contributed by atoms with Crippen molar-refractivity contribution in [2.24, 2.45) is 0 Å². The Morgan fingerprint density at radius 3 is 2.83 bits per heavy atom. The van der Waals surface area contributed by atoms with E-state index < -0.39 is 5.97 Å². The number of carbonyl (C=O) groups excluding carboxylic acids is 1. The fraction of sp³-hybridized carbons (Fsp3) is 0.286. The molecule has 2 rings (SSSR count). The third-order valence-corrected chi connectivity index (χ3v) is 3.60. The zero-order valence-electron chi connectivity index (χ0n) is 12.5. The molecule has 1 aromatic heterocycles. The number of halogens is 1. The van der Waals surface area contributed by atoms with Crippen molar-refractivity contribution in [2.45, 2.75) is 19.5 Å². The molecule has 0 radical (unpaired) electrons. The monoisotopic (exact) mass is 382 g/mol. The molecule has 0 aliphatic heterocycles. The number of rotatable bonds is 6.